The number of carbonyl (C=O) groups is 1. The number of aliphatic hydroxyl groups is 1. The van der Waals surface area contributed by atoms with Crippen LogP contribution in [0.2, 0.25) is 0 Å². The molecule has 2 aromatic rings. The quantitative estimate of drug-likeness (QED) is 0.906. The van der Waals surface area contributed by atoms with Crippen molar-refractivity contribution >= 4 is 16.7 Å². The summed E-state index contributed by atoms with van der Waals surface area (Å²) in [4.78, 5) is 14.1. The topological polar surface area (TPSA) is 40.5 Å². The molecule has 2 aromatic carbocycles. The van der Waals surface area contributed by atoms with E-state index in [-0.39, 0.29) is 18.9 Å². The van der Waals surface area contributed by atoms with Gasteiger partial charge in [0.15, 0.2) is 0 Å². The zero-order valence-electron chi connectivity index (χ0n) is 11.5. The number of hydrogen-bond donors (Lipinski definition) is 1. The van der Waals surface area contributed by atoms with Crippen molar-refractivity contribution in [1.29, 1.82) is 0 Å². The molecule has 1 saturated carbocycles. The first-order chi connectivity index (χ1) is 9.79. The number of hydrogen-bond acceptors (Lipinski definition) is 2. The molecule has 3 nitrogen and oxygen atoms in total. The second-order valence-corrected chi connectivity index (χ2v) is 5.36. The first-order valence-corrected chi connectivity index (χ1v) is 7.16. The average molecular weight is 269 g/mol. The Hall–Kier alpha value is -1.87. The van der Waals surface area contributed by atoms with Crippen LogP contribution in [0, 0.1) is 0 Å². The van der Waals surface area contributed by atoms with Crippen LogP contribution in [0.25, 0.3) is 10.8 Å². The average Bonchev–Trinajstić information content (AvgIpc) is 3.29. The highest BCUT2D eigenvalue weighted by Gasteiger charge is 2.32. The van der Waals surface area contributed by atoms with Gasteiger partial charge in [0.05, 0.1) is 6.61 Å². The number of nitrogens with zero attached hydrogens (tertiary/aromatic N) is 1. The molecule has 0 spiro atoms. The summed E-state index contributed by atoms with van der Waals surface area (Å²) in [6, 6.07) is 14.8. The molecular weight excluding hydrogens is 250 g/mol. The molecule has 1 fully saturated rings. The SMILES string of the molecule is O=C(CCO)N(Cc1cccc2ccccc12)C1CC1. The van der Waals surface area contributed by atoms with Gasteiger partial charge in [0.25, 0.3) is 0 Å². The maximum absolute atomic E-state index is 12.1. The van der Waals surface area contributed by atoms with E-state index in [1.54, 1.807) is 0 Å². The van der Waals surface area contributed by atoms with E-state index in [1.807, 2.05) is 23.1 Å². The van der Waals surface area contributed by atoms with E-state index < -0.39 is 0 Å². The molecule has 1 amide bonds. The van der Waals surface area contributed by atoms with E-state index in [0.717, 1.165) is 12.8 Å². The van der Waals surface area contributed by atoms with E-state index in [9.17, 15) is 4.79 Å². The van der Waals surface area contributed by atoms with Crippen molar-refractivity contribution in [2.24, 2.45) is 0 Å². The number of aliphatic hydroxyl groups excluding tert-OH is 1. The molecule has 1 aliphatic rings. The summed E-state index contributed by atoms with van der Waals surface area (Å²) in [5.41, 5.74) is 1.18. The molecule has 20 heavy (non-hydrogen) atoms. The van der Waals surface area contributed by atoms with Crippen molar-refractivity contribution in [3.63, 3.8) is 0 Å². The molecule has 3 heteroatoms. The molecule has 0 bridgehead atoms. The summed E-state index contributed by atoms with van der Waals surface area (Å²) < 4.78 is 0. The maximum Gasteiger partial charge on any atom is 0.225 e. The number of amides is 1. The van der Waals surface area contributed by atoms with Gasteiger partial charge in [0.1, 0.15) is 0 Å². The van der Waals surface area contributed by atoms with Gasteiger partial charge in [0, 0.05) is 19.0 Å². The Bertz CT molecular complexity index is 614. The highest BCUT2D eigenvalue weighted by atomic mass is 16.3. The Morgan fingerprint density at radius 1 is 1.15 bits per heavy atom. The van der Waals surface area contributed by atoms with Crippen LogP contribution in [0.5, 0.6) is 0 Å². The number of rotatable bonds is 5. The summed E-state index contributed by atoms with van der Waals surface area (Å²) in [5.74, 6) is 0.0583. The van der Waals surface area contributed by atoms with Gasteiger partial charge in [-0.2, -0.15) is 0 Å². The minimum absolute atomic E-state index is 0.0583. The van der Waals surface area contributed by atoms with Gasteiger partial charge < -0.3 is 10.0 Å². The summed E-state index contributed by atoms with van der Waals surface area (Å²) in [5, 5.41) is 11.4. The largest absolute Gasteiger partial charge is 0.396 e. The molecule has 0 aromatic heterocycles. The minimum Gasteiger partial charge on any atom is -0.396 e. The lowest BCUT2D eigenvalue weighted by atomic mass is 10.0. The lowest BCUT2D eigenvalue weighted by Crippen LogP contribution is -2.33. The fourth-order valence-corrected chi connectivity index (χ4v) is 2.66. The van der Waals surface area contributed by atoms with Gasteiger partial charge >= 0.3 is 0 Å². The van der Waals surface area contributed by atoms with Crippen molar-refractivity contribution < 1.29 is 9.90 Å². The third-order valence-corrected chi connectivity index (χ3v) is 3.85. The number of benzene rings is 2. The normalized spacial score (nSPS) is 14.4. The van der Waals surface area contributed by atoms with Gasteiger partial charge in [-0.1, -0.05) is 42.5 Å². The molecule has 1 aliphatic carbocycles. The van der Waals surface area contributed by atoms with Crippen LogP contribution in [0.4, 0.5) is 0 Å². The van der Waals surface area contributed by atoms with Gasteiger partial charge in [-0.25, -0.2) is 0 Å². The highest BCUT2D eigenvalue weighted by Crippen LogP contribution is 2.30. The van der Waals surface area contributed by atoms with Crippen LogP contribution in [0.15, 0.2) is 42.5 Å². The minimum atomic E-state index is -0.0718. The Labute approximate surface area is 118 Å². The summed E-state index contributed by atoms with van der Waals surface area (Å²) >= 11 is 0. The maximum atomic E-state index is 12.1. The molecule has 0 unspecified atom stereocenters. The Morgan fingerprint density at radius 3 is 2.65 bits per heavy atom. The zero-order valence-corrected chi connectivity index (χ0v) is 11.5. The summed E-state index contributed by atoms with van der Waals surface area (Å²) in [7, 11) is 0. The summed E-state index contributed by atoms with van der Waals surface area (Å²) in [6.07, 6.45) is 2.39. The van der Waals surface area contributed by atoms with E-state index in [0.29, 0.717) is 12.6 Å². The van der Waals surface area contributed by atoms with E-state index >= 15 is 0 Å². The van der Waals surface area contributed by atoms with Crippen LogP contribution >= 0.6 is 0 Å². The van der Waals surface area contributed by atoms with Crippen LogP contribution in [-0.4, -0.2) is 28.6 Å². The predicted octanol–water partition coefficient (Wildman–Crippen LogP) is 2.71. The monoisotopic (exact) mass is 269 g/mol. The zero-order chi connectivity index (χ0) is 13.9. The second kappa shape index (κ2) is 5.63. The van der Waals surface area contributed by atoms with Crippen molar-refractivity contribution in [3.8, 4) is 0 Å². The molecule has 0 aliphatic heterocycles. The van der Waals surface area contributed by atoms with Gasteiger partial charge in [-0.05, 0) is 29.2 Å². The molecule has 0 saturated heterocycles. The van der Waals surface area contributed by atoms with Crippen LogP contribution < -0.4 is 0 Å². The molecule has 104 valence electrons. The van der Waals surface area contributed by atoms with Crippen molar-refractivity contribution in [2.45, 2.75) is 31.8 Å². The lowest BCUT2D eigenvalue weighted by Gasteiger charge is -2.23. The van der Waals surface area contributed by atoms with Gasteiger partial charge in [0.2, 0.25) is 5.91 Å². The Balaban J connectivity index is 1.88. The highest BCUT2D eigenvalue weighted by molar-refractivity contribution is 5.86. The molecule has 0 heterocycles. The summed E-state index contributed by atoms with van der Waals surface area (Å²) in [6.45, 7) is 0.572. The smallest absolute Gasteiger partial charge is 0.225 e. The van der Waals surface area contributed by atoms with E-state index in [2.05, 4.69) is 24.3 Å². The first kappa shape index (κ1) is 13.1. The molecule has 1 N–H and O–H groups in total. The third kappa shape index (κ3) is 2.68. The molecule has 0 atom stereocenters. The van der Waals surface area contributed by atoms with Crippen LogP contribution in [0.3, 0.4) is 0 Å². The second-order valence-electron chi connectivity index (χ2n) is 5.36. The van der Waals surface area contributed by atoms with Crippen LogP contribution in [0.1, 0.15) is 24.8 Å². The fourth-order valence-electron chi connectivity index (χ4n) is 2.66. The standard InChI is InChI=1S/C17H19NO2/c19-11-10-17(20)18(15-8-9-15)12-14-6-3-5-13-4-1-2-7-16(13)14/h1-7,15,19H,8-12H2. The van der Waals surface area contributed by atoms with E-state index in [1.165, 1.54) is 16.3 Å². The van der Waals surface area contributed by atoms with Crippen molar-refractivity contribution in [3.05, 3.63) is 48.0 Å². The molecule has 0 radical (unpaired) electrons. The predicted molar refractivity (Wildman–Crippen MR) is 79.2 cm³/mol. The first-order valence-electron chi connectivity index (χ1n) is 7.16. The molecule has 3 rings (SSSR count). The van der Waals surface area contributed by atoms with Gasteiger partial charge in [-0.15, -0.1) is 0 Å². The molecular formula is C17H19NO2. The number of fused-ring (bicyclic) bond motifs is 1. The van der Waals surface area contributed by atoms with Gasteiger partial charge in [-0.3, -0.25) is 4.79 Å². The van der Waals surface area contributed by atoms with Crippen LogP contribution in [-0.2, 0) is 11.3 Å². The van der Waals surface area contributed by atoms with E-state index in [4.69, 9.17) is 5.11 Å². The van der Waals surface area contributed by atoms with Crippen molar-refractivity contribution in [2.75, 3.05) is 6.61 Å². The fraction of sp³-hybridized carbons (Fsp3) is 0.353. The Kier molecular flexibility index (Phi) is 3.70. The third-order valence-electron chi connectivity index (χ3n) is 3.85. The van der Waals surface area contributed by atoms with Crippen molar-refractivity contribution in [1.82, 2.24) is 4.90 Å². The lowest BCUT2D eigenvalue weighted by molar-refractivity contribution is -0.133. The number of carbonyl (C=O) groups excluding carboxylic acids is 1. The Morgan fingerprint density at radius 2 is 1.90 bits per heavy atom.